The normalized spacial score (nSPS) is 10.8. The molecule has 7 heteroatoms. The van der Waals surface area contributed by atoms with Gasteiger partial charge < -0.3 is 14.8 Å². The minimum absolute atomic E-state index is 0.00618. The molecule has 0 radical (unpaired) electrons. The molecular formula is C29H27N3O4. The molecule has 0 fully saturated rings. The highest BCUT2D eigenvalue weighted by Gasteiger charge is 2.09. The van der Waals surface area contributed by atoms with Crippen molar-refractivity contribution in [1.82, 2.24) is 5.43 Å². The van der Waals surface area contributed by atoms with Crippen molar-refractivity contribution in [2.75, 3.05) is 12.4 Å². The molecule has 4 rings (SSSR count). The Balaban J connectivity index is 1.36. The Hall–Kier alpha value is -4.65. The van der Waals surface area contributed by atoms with Crippen molar-refractivity contribution in [3.05, 3.63) is 102 Å². The van der Waals surface area contributed by atoms with Crippen LogP contribution in [-0.2, 0) is 16.2 Å². The maximum atomic E-state index is 12.3. The molecule has 0 atom stereocenters. The van der Waals surface area contributed by atoms with Crippen LogP contribution < -0.4 is 20.2 Å². The summed E-state index contributed by atoms with van der Waals surface area (Å²) >= 11 is 0. The quantitative estimate of drug-likeness (QED) is 0.238. The predicted octanol–water partition coefficient (Wildman–Crippen LogP) is 5.30. The van der Waals surface area contributed by atoms with Crippen LogP contribution in [0.3, 0.4) is 0 Å². The van der Waals surface area contributed by atoms with E-state index in [1.54, 1.807) is 37.6 Å². The Kier molecular flexibility index (Phi) is 8.27. The number of nitrogens with zero attached hydrogens (tertiary/aromatic N) is 1. The number of benzene rings is 4. The number of hydrazone groups is 1. The van der Waals surface area contributed by atoms with Crippen molar-refractivity contribution in [3.8, 4) is 11.5 Å². The van der Waals surface area contributed by atoms with Crippen molar-refractivity contribution in [2.24, 2.45) is 5.10 Å². The summed E-state index contributed by atoms with van der Waals surface area (Å²) < 4.78 is 11.2. The average Bonchev–Trinajstić information content (AvgIpc) is 2.92. The first-order valence-corrected chi connectivity index (χ1v) is 11.6. The molecule has 36 heavy (non-hydrogen) atoms. The molecule has 182 valence electrons. The van der Waals surface area contributed by atoms with E-state index in [0.29, 0.717) is 23.8 Å². The van der Waals surface area contributed by atoms with E-state index in [0.717, 1.165) is 21.9 Å². The van der Waals surface area contributed by atoms with Crippen LogP contribution in [0.2, 0.25) is 0 Å². The molecule has 0 bridgehead atoms. The van der Waals surface area contributed by atoms with Gasteiger partial charge >= 0.3 is 0 Å². The van der Waals surface area contributed by atoms with E-state index in [1.807, 2.05) is 66.7 Å². The van der Waals surface area contributed by atoms with Crippen LogP contribution in [0.5, 0.6) is 11.5 Å². The van der Waals surface area contributed by atoms with Gasteiger partial charge in [0.1, 0.15) is 18.1 Å². The van der Waals surface area contributed by atoms with E-state index in [2.05, 4.69) is 15.8 Å². The van der Waals surface area contributed by atoms with Crippen molar-refractivity contribution in [1.29, 1.82) is 0 Å². The summed E-state index contributed by atoms with van der Waals surface area (Å²) in [6.07, 6.45) is 1.62. The largest absolute Gasteiger partial charge is 0.497 e. The van der Waals surface area contributed by atoms with Gasteiger partial charge in [0.05, 0.1) is 13.3 Å². The summed E-state index contributed by atoms with van der Waals surface area (Å²) in [6, 6.07) is 28.7. The van der Waals surface area contributed by atoms with Gasteiger partial charge in [-0.15, -0.1) is 0 Å². The molecule has 0 saturated heterocycles. The molecule has 0 aliphatic carbocycles. The maximum Gasteiger partial charge on any atom is 0.240 e. The van der Waals surface area contributed by atoms with E-state index in [4.69, 9.17) is 9.47 Å². The van der Waals surface area contributed by atoms with Gasteiger partial charge in [-0.25, -0.2) is 5.43 Å². The smallest absolute Gasteiger partial charge is 0.240 e. The predicted molar refractivity (Wildman–Crippen MR) is 141 cm³/mol. The van der Waals surface area contributed by atoms with Crippen LogP contribution >= 0.6 is 0 Å². The van der Waals surface area contributed by atoms with Crippen LogP contribution in [0.4, 0.5) is 5.69 Å². The fourth-order valence-electron chi connectivity index (χ4n) is 3.62. The number of methoxy groups -OCH3 is 1. The number of hydrogen-bond acceptors (Lipinski definition) is 5. The van der Waals surface area contributed by atoms with Gasteiger partial charge in [0, 0.05) is 24.1 Å². The lowest BCUT2D eigenvalue weighted by Crippen LogP contribution is -2.20. The van der Waals surface area contributed by atoms with E-state index in [9.17, 15) is 9.59 Å². The van der Waals surface area contributed by atoms with Crippen molar-refractivity contribution in [2.45, 2.75) is 19.4 Å². The fourth-order valence-corrected chi connectivity index (χ4v) is 3.62. The van der Waals surface area contributed by atoms with Gasteiger partial charge in [-0.2, -0.15) is 5.10 Å². The molecule has 7 nitrogen and oxygen atoms in total. The van der Waals surface area contributed by atoms with Gasteiger partial charge in [0.25, 0.3) is 0 Å². The third-order valence-corrected chi connectivity index (χ3v) is 5.50. The number of amides is 2. The SMILES string of the molecule is COc1ccc(NC(=O)CCC(=O)NN=Cc2c(OCc3ccccc3)ccc3ccccc23)cc1. The average molecular weight is 482 g/mol. The van der Waals surface area contributed by atoms with E-state index in [1.165, 1.54) is 0 Å². The van der Waals surface area contributed by atoms with E-state index >= 15 is 0 Å². The first-order chi connectivity index (χ1) is 17.6. The molecule has 0 spiro atoms. The van der Waals surface area contributed by atoms with Gasteiger partial charge in [0.2, 0.25) is 11.8 Å². The lowest BCUT2D eigenvalue weighted by atomic mass is 10.0. The zero-order valence-corrected chi connectivity index (χ0v) is 19.9. The Bertz CT molecular complexity index is 1350. The molecular weight excluding hydrogens is 454 g/mol. The zero-order chi connectivity index (χ0) is 25.2. The summed E-state index contributed by atoms with van der Waals surface area (Å²) in [5, 5.41) is 8.89. The Morgan fingerprint density at radius 2 is 1.56 bits per heavy atom. The van der Waals surface area contributed by atoms with Gasteiger partial charge in [-0.3, -0.25) is 9.59 Å². The van der Waals surface area contributed by atoms with Crippen molar-refractivity contribution in [3.63, 3.8) is 0 Å². The topological polar surface area (TPSA) is 89.0 Å². The maximum absolute atomic E-state index is 12.3. The van der Waals surface area contributed by atoms with Gasteiger partial charge in [-0.05, 0) is 46.7 Å². The third kappa shape index (κ3) is 6.70. The molecule has 0 aromatic heterocycles. The standard InChI is InChI=1S/C29H27N3O4/c1-35-24-14-12-23(13-15-24)31-28(33)17-18-29(34)32-30-19-26-25-10-6-5-9-22(25)11-16-27(26)36-20-21-7-3-2-4-8-21/h2-16,19H,17-18,20H2,1H3,(H,31,33)(H,32,34). The number of nitrogens with one attached hydrogen (secondary N) is 2. The summed E-state index contributed by atoms with van der Waals surface area (Å²) in [6.45, 7) is 0.412. The first kappa shape index (κ1) is 24.5. The van der Waals surface area contributed by atoms with Crippen LogP contribution in [0.15, 0.2) is 96.1 Å². The summed E-state index contributed by atoms with van der Waals surface area (Å²) in [5.74, 6) is 0.743. The lowest BCUT2D eigenvalue weighted by Gasteiger charge is -2.12. The molecule has 4 aromatic carbocycles. The highest BCUT2D eigenvalue weighted by Crippen LogP contribution is 2.27. The summed E-state index contributed by atoms with van der Waals surface area (Å²) in [7, 11) is 1.58. The van der Waals surface area contributed by atoms with E-state index in [-0.39, 0.29) is 24.7 Å². The summed E-state index contributed by atoms with van der Waals surface area (Å²) in [4.78, 5) is 24.4. The number of ether oxygens (including phenoxy) is 2. The van der Waals surface area contributed by atoms with Crippen molar-refractivity contribution >= 4 is 34.5 Å². The number of hydrogen-bond donors (Lipinski definition) is 2. The van der Waals surface area contributed by atoms with Gasteiger partial charge in [0.15, 0.2) is 0 Å². The number of carbonyl (C=O) groups excluding carboxylic acids is 2. The molecule has 4 aromatic rings. The fraction of sp³-hybridized carbons (Fsp3) is 0.138. The lowest BCUT2D eigenvalue weighted by molar-refractivity contribution is -0.124. The first-order valence-electron chi connectivity index (χ1n) is 11.6. The number of anilines is 1. The van der Waals surface area contributed by atoms with E-state index < -0.39 is 0 Å². The Morgan fingerprint density at radius 1 is 0.833 bits per heavy atom. The molecule has 0 aliphatic heterocycles. The molecule has 0 unspecified atom stereocenters. The summed E-state index contributed by atoms with van der Waals surface area (Å²) in [5.41, 5.74) is 4.96. The second-order valence-electron chi connectivity index (χ2n) is 8.04. The van der Waals surface area contributed by atoms with Crippen LogP contribution in [0.25, 0.3) is 10.8 Å². The molecule has 2 amide bonds. The minimum atomic E-state index is -0.358. The third-order valence-electron chi connectivity index (χ3n) is 5.50. The second kappa shape index (κ2) is 12.2. The minimum Gasteiger partial charge on any atom is -0.497 e. The highest BCUT2D eigenvalue weighted by atomic mass is 16.5. The Labute approximate surface area is 209 Å². The van der Waals surface area contributed by atoms with Crippen LogP contribution in [0, 0.1) is 0 Å². The number of rotatable bonds is 10. The van der Waals surface area contributed by atoms with Crippen LogP contribution in [0.1, 0.15) is 24.0 Å². The highest BCUT2D eigenvalue weighted by molar-refractivity contribution is 6.02. The number of carbonyl (C=O) groups is 2. The van der Waals surface area contributed by atoms with Crippen molar-refractivity contribution < 1.29 is 19.1 Å². The zero-order valence-electron chi connectivity index (χ0n) is 19.9. The van der Waals surface area contributed by atoms with Crippen LogP contribution in [-0.4, -0.2) is 25.1 Å². The molecule has 2 N–H and O–H groups in total. The Morgan fingerprint density at radius 3 is 2.33 bits per heavy atom. The monoisotopic (exact) mass is 481 g/mol. The molecule has 0 aliphatic rings. The molecule has 0 heterocycles. The second-order valence-corrected chi connectivity index (χ2v) is 8.04. The molecule has 0 saturated carbocycles. The number of fused-ring (bicyclic) bond motifs is 1. The van der Waals surface area contributed by atoms with Gasteiger partial charge in [-0.1, -0.05) is 60.7 Å².